The van der Waals surface area contributed by atoms with E-state index < -0.39 is 43.1 Å². The van der Waals surface area contributed by atoms with Crippen LogP contribution in [0.3, 0.4) is 0 Å². The van der Waals surface area contributed by atoms with Crippen molar-refractivity contribution >= 4 is 55.6 Å². The molecule has 0 aromatic rings. The van der Waals surface area contributed by atoms with Gasteiger partial charge in [0.05, 0.1) is 25.2 Å². The van der Waals surface area contributed by atoms with E-state index in [2.05, 4.69) is 6.58 Å². The molecular formula is C21H40CaO9. The molecule has 0 radical (unpaired) electrons. The minimum absolute atomic E-state index is 0. The van der Waals surface area contributed by atoms with Crippen molar-refractivity contribution in [1.82, 2.24) is 0 Å². The standard InChI is InChI=1S/C12H22O4.C9H16O5.Ca.2H/c13-11(14)9-7-5-3-1-2-4-6-8-10-12(15)16;1-7(2)8(13)14-6-9(3-10,4-11)5-12;;;/h1-10H2,(H,13,14)(H,15,16);10-12H,1,3-6H2,2H3;;;. The van der Waals surface area contributed by atoms with Crippen LogP contribution in [0.5, 0.6) is 0 Å². The number of carboxylic acids is 2. The van der Waals surface area contributed by atoms with Gasteiger partial charge < -0.3 is 30.3 Å². The Kier molecular flexibility index (Phi) is 25.3. The molecule has 10 heteroatoms. The molecular weight excluding hydrogens is 436 g/mol. The van der Waals surface area contributed by atoms with Crippen molar-refractivity contribution in [1.29, 1.82) is 0 Å². The number of unbranched alkanes of at least 4 members (excludes halogenated alkanes) is 7. The summed E-state index contributed by atoms with van der Waals surface area (Å²) in [6, 6.07) is 0. The number of carbonyl (C=O) groups is 3. The first-order valence-electron chi connectivity index (χ1n) is 10.2. The fourth-order valence-electron chi connectivity index (χ4n) is 2.24. The number of aliphatic hydroxyl groups is 3. The van der Waals surface area contributed by atoms with Crippen molar-refractivity contribution in [2.24, 2.45) is 5.41 Å². The van der Waals surface area contributed by atoms with Gasteiger partial charge in [0, 0.05) is 18.4 Å². The van der Waals surface area contributed by atoms with Gasteiger partial charge in [0.15, 0.2) is 0 Å². The fourth-order valence-corrected chi connectivity index (χ4v) is 2.24. The van der Waals surface area contributed by atoms with Crippen LogP contribution in [0.4, 0.5) is 0 Å². The number of aliphatic hydroxyl groups excluding tert-OH is 3. The van der Waals surface area contributed by atoms with E-state index in [0.29, 0.717) is 0 Å². The second-order valence-electron chi connectivity index (χ2n) is 7.45. The van der Waals surface area contributed by atoms with Gasteiger partial charge in [0.1, 0.15) is 6.61 Å². The number of carboxylic acid groups (broad SMARTS) is 2. The summed E-state index contributed by atoms with van der Waals surface area (Å²) >= 11 is 0. The molecule has 5 N–H and O–H groups in total. The molecule has 0 saturated heterocycles. The van der Waals surface area contributed by atoms with Crippen LogP contribution < -0.4 is 0 Å². The van der Waals surface area contributed by atoms with Gasteiger partial charge in [0.25, 0.3) is 0 Å². The molecule has 0 amide bonds. The predicted octanol–water partition coefficient (Wildman–Crippen LogP) is 1.21. The molecule has 0 bridgehead atoms. The second kappa shape index (κ2) is 22.5. The first-order chi connectivity index (χ1) is 14.1. The average molecular weight is 477 g/mol. The molecule has 0 aromatic carbocycles. The molecule has 180 valence electrons. The van der Waals surface area contributed by atoms with Gasteiger partial charge in [-0.25, -0.2) is 4.79 Å². The summed E-state index contributed by atoms with van der Waals surface area (Å²) in [5.41, 5.74) is -0.946. The number of carbonyl (C=O) groups excluding carboxylic acids is 1. The Morgan fingerprint density at radius 3 is 1.32 bits per heavy atom. The Bertz CT molecular complexity index is 475. The molecule has 0 atom stereocenters. The van der Waals surface area contributed by atoms with E-state index in [1.54, 1.807) is 0 Å². The van der Waals surface area contributed by atoms with Crippen LogP contribution in [0.2, 0.25) is 0 Å². The normalized spacial score (nSPS) is 10.3. The average Bonchev–Trinajstić information content (AvgIpc) is 2.70. The van der Waals surface area contributed by atoms with Gasteiger partial charge in [-0.3, -0.25) is 9.59 Å². The zero-order chi connectivity index (χ0) is 23.4. The molecule has 0 spiro atoms. The van der Waals surface area contributed by atoms with Gasteiger partial charge >= 0.3 is 55.6 Å². The van der Waals surface area contributed by atoms with Crippen LogP contribution >= 0.6 is 0 Å². The number of rotatable bonds is 17. The van der Waals surface area contributed by atoms with E-state index in [1.807, 2.05) is 0 Å². The Morgan fingerprint density at radius 2 is 1.06 bits per heavy atom. The molecule has 0 unspecified atom stereocenters. The second-order valence-corrected chi connectivity index (χ2v) is 7.45. The third-order valence-corrected chi connectivity index (χ3v) is 4.40. The Morgan fingerprint density at radius 1 is 0.742 bits per heavy atom. The molecule has 0 saturated carbocycles. The van der Waals surface area contributed by atoms with Gasteiger partial charge in [-0.1, -0.05) is 45.1 Å². The van der Waals surface area contributed by atoms with Crippen molar-refractivity contribution in [2.45, 2.75) is 71.1 Å². The molecule has 0 aliphatic heterocycles. The monoisotopic (exact) mass is 476 g/mol. The Hall–Kier alpha value is -0.710. The topological polar surface area (TPSA) is 162 Å². The summed E-state index contributed by atoms with van der Waals surface area (Å²) in [5.74, 6) is -2.04. The first kappa shape index (κ1) is 34.9. The van der Waals surface area contributed by atoms with E-state index in [9.17, 15) is 14.4 Å². The summed E-state index contributed by atoms with van der Waals surface area (Å²) in [7, 11) is 0. The summed E-state index contributed by atoms with van der Waals surface area (Å²) in [6.45, 7) is 3.26. The molecule has 0 rings (SSSR count). The van der Waals surface area contributed by atoms with E-state index in [-0.39, 0.29) is 62.8 Å². The van der Waals surface area contributed by atoms with E-state index >= 15 is 0 Å². The van der Waals surface area contributed by atoms with Crippen LogP contribution in [0, 0.1) is 5.41 Å². The van der Waals surface area contributed by atoms with Crippen molar-refractivity contribution in [3.05, 3.63) is 12.2 Å². The third kappa shape index (κ3) is 22.3. The van der Waals surface area contributed by atoms with Crippen LogP contribution in [-0.2, 0) is 19.1 Å². The van der Waals surface area contributed by atoms with Crippen LogP contribution in [-0.4, -0.2) is 108 Å². The van der Waals surface area contributed by atoms with E-state index in [1.165, 1.54) is 6.92 Å². The zero-order valence-corrected chi connectivity index (χ0v) is 18.0. The Labute approximate surface area is 214 Å². The maximum absolute atomic E-state index is 11.0. The molecule has 0 aliphatic carbocycles. The van der Waals surface area contributed by atoms with Gasteiger partial charge in [-0.15, -0.1) is 0 Å². The quantitative estimate of drug-likeness (QED) is 0.0899. The molecule has 0 fully saturated rings. The molecule has 0 heterocycles. The number of hydrogen-bond donors (Lipinski definition) is 5. The number of ether oxygens (including phenoxy) is 1. The maximum atomic E-state index is 11.0. The predicted molar refractivity (Wildman–Crippen MR) is 119 cm³/mol. The molecule has 0 aliphatic rings. The van der Waals surface area contributed by atoms with Gasteiger partial charge in [0.2, 0.25) is 0 Å². The molecule has 31 heavy (non-hydrogen) atoms. The fraction of sp³-hybridized carbons (Fsp3) is 0.762. The number of hydrogen-bond acceptors (Lipinski definition) is 7. The van der Waals surface area contributed by atoms with Crippen LogP contribution in [0.25, 0.3) is 0 Å². The van der Waals surface area contributed by atoms with E-state index in [4.69, 9.17) is 30.3 Å². The van der Waals surface area contributed by atoms with Crippen LogP contribution in [0.1, 0.15) is 71.1 Å². The van der Waals surface area contributed by atoms with Gasteiger partial charge in [-0.05, 0) is 19.8 Å². The molecule has 9 nitrogen and oxygen atoms in total. The Balaban J connectivity index is -0.000000494. The summed E-state index contributed by atoms with van der Waals surface area (Å²) < 4.78 is 4.72. The van der Waals surface area contributed by atoms with Crippen LogP contribution in [0.15, 0.2) is 12.2 Å². The first-order valence-corrected chi connectivity index (χ1v) is 10.2. The van der Waals surface area contributed by atoms with E-state index in [0.717, 1.165) is 51.4 Å². The zero-order valence-electron chi connectivity index (χ0n) is 18.0. The number of esters is 1. The third-order valence-electron chi connectivity index (χ3n) is 4.40. The van der Waals surface area contributed by atoms with Crippen molar-refractivity contribution in [2.75, 3.05) is 26.4 Å². The van der Waals surface area contributed by atoms with Gasteiger partial charge in [-0.2, -0.15) is 0 Å². The number of aliphatic carboxylic acids is 2. The molecule has 0 aromatic heterocycles. The summed E-state index contributed by atoms with van der Waals surface area (Å²) in [4.78, 5) is 31.4. The van der Waals surface area contributed by atoms with Crippen molar-refractivity contribution in [3.8, 4) is 0 Å². The minimum atomic E-state index is -1.18. The summed E-state index contributed by atoms with van der Waals surface area (Å²) in [6.07, 6.45) is 8.51. The SMILES string of the molecule is C=C(C)C(=O)OCC(CO)(CO)CO.O=C(O)CCCCCCCCCCC(=O)O.[CaH2]. The summed E-state index contributed by atoms with van der Waals surface area (Å²) in [5, 5.41) is 43.5. The van der Waals surface area contributed by atoms with Crippen molar-refractivity contribution in [3.63, 3.8) is 0 Å². The van der Waals surface area contributed by atoms with Crippen molar-refractivity contribution < 1.29 is 44.7 Å².